The van der Waals surface area contributed by atoms with Gasteiger partial charge in [-0.2, -0.15) is 0 Å². The van der Waals surface area contributed by atoms with E-state index in [1.54, 1.807) is 18.3 Å². The van der Waals surface area contributed by atoms with Gasteiger partial charge in [-0.05, 0) is 36.9 Å². The van der Waals surface area contributed by atoms with Crippen LogP contribution in [0.25, 0.3) is 11.0 Å². The van der Waals surface area contributed by atoms with Crippen LogP contribution in [-0.4, -0.2) is 58.9 Å². The Morgan fingerprint density at radius 1 is 1.32 bits per heavy atom. The number of benzene rings is 1. The van der Waals surface area contributed by atoms with E-state index in [2.05, 4.69) is 35.6 Å². The Kier molecular flexibility index (Phi) is 6.63. The van der Waals surface area contributed by atoms with Crippen molar-refractivity contribution in [3.63, 3.8) is 0 Å². The van der Waals surface area contributed by atoms with Gasteiger partial charge in [-0.3, -0.25) is 4.90 Å². The number of hydrogen-bond acceptors (Lipinski definition) is 6. The third-order valence-corrected chi connectivity index (χ3v) is 5.58. The minimum atomic E-state index is -0.618. The minimum absolute atomic E-state index is 0.144. The molecule has 1 aromatic heterocycles. The van der Waals surface area contributed by atoms with Gasteiger partial charge < -0.3 is 14.6 Å². The first-order chi connectivity index (χ1) is 13.3. The summed E-state index contributed by atoms with van der Waals surface area (Å²) in [5.41, 5.74) is 1.38. The molecule has 6 nitrogen and oxygen atoms in total. The van der Waals surface area contributed by atoms with Gasteiger partial charge in [0.15, 0.2) is 5.75 Å². The second-order valence-corrected chi connectivity index (χ2v) is 8.90. The van der Waals surface area contributed by atoms with Crippen molar-refractivity contribution in [1.29, 1.82) is 0 Å². The average molecular weight is 408 g/mol. The van der Waals surface area contributed by atoms with Crippen molar-refractivity contribution in [2.24, 2.45) is 5.41 Å². The van der Waals surface area contributed by atoms with E-state index < -0.39 is 6.10 Å². The fraction of sp³-hybridized carbons (Fsp3) is 0.619. The highest BCUT2D eigenvalue weighted by Crippen LogP contribution is 2.34. The molecule has 3 rings (SSSR count). The molecule has 1 aromatic carbocycles. The number of likely N-dealkylation sites (tertiary alicyclic amines) is 1. The number of aliphatic hydroxyl groups excluding tert-OH is 1. The molecule has 1 aliphatic heterocycles. The van der Waals surface area contributed by atoms with Crippen LogP contribution in [0, 0.1) is 5.41 Å². The van der Waals surface area contributed by atoms with Gasteiger partial charge in [0.2, 0.25) is 5.88 Å². The van der Waals surface area contributed by atoms with E-state index in [0.29, 0.717) is 40.3 Å². The first-order valence-corrected chi connectivity index (χ1v) is 10.2. The van der Waals surface area contributed by atoms with Crippen LogP contribution >= 0.6 is 11.6 Å². The lowest BCUT2D eigenvalue weighted by molar-refractivity contribution is 0.00732. The molecular weight excluding hydrogens is 378 g/mol. The van der Waals surface area contributed by atoms with Crippen LogP contribution in [0.5, 0.6) is 11.6 Å². The largest absolute Gasteiger partial charge is 0.487 e. The van der Waals surface area contributed by atoms with Gasteiger partial charge in [0.05, 0.1) is 23.8 Å². The van der Waals surface area contributed by atoms with Gasteiger partial charge in [0, 0.05) is 12.6 Å². The summed E-state index contributed by atoms with van der Waals surface area (Å²) in [6, 6.07) is 3.98. The summed E-state index contributed by atoms with van der Waals surface area (Å²) in [6.07, 6.45) is 4.52. The van der Waals surface area contributed by atoms with Crippen LogP contribution in [0.2, 0.25) is 5.02 Å². The highest BCUT2D eigenvalue weighted by molar-refractivity contribution is 6.33. The quantitative estimate of drug-likeness (QED) is 0.782. The van der Waals surface area contributed by atoms with E-state index in [1.807, 2.05) is 0 Å². The fourth-order valence-corrected chi connectivity index (χ4v) is 4.15. The summed E-state index contributed by atoms with van der Waals surface area (Å²) >= 11 is 6.33. The van der Waals surface area contributed by atoms with Crippen molar-refractivity contribution in [3.05, 3.63) is 23.4 Å². The number of piperidine rings is 1. The first-order valence-electron chi connectivity index (χ1n) is 9.83. The number of aliphatic hydroxyl groups is 1. The van der Waals surface area contributed by atoms with E-state index in [1.165, 1.54) is 26.4 Å². The number of halogens is 1. The topological polar surface area (TPSA) is 67.7 Å². The minimum Gasteiger partial charge on any atom is -0.487 e. The van der Waals surface area contributed by atoms with Crippen LogP contribution in [-0.2, 0) is 0 Å². The maximum atomic E-state index is 10.6. The second kappa shape index (κ2) is 8.80. The molecule has 2 aromatic rings. The predicted molar refractivity (Wildman–Crippen MR) is 111 cm³/mol. The molecule has 0 saturated carbocycles. The number of aromatic nitrogens is 2. The van der Waals surface area contributed by atoms with Crippen LogP contribution in [0.1, 0.15) is 40.0 Å². The Hall–Kier alpha value is -1.63. The summed E-state index contributed by atoms with van der Waals surface area (Å²) in [4.78, 5) is 11.1. The van der Waals surface area contributed by atoms with E-state index in [4.69, 9.17) is 21.1 Å². The molecule has 2 atom stereocenters. The van der Waals surface area contributed by atoms with Gasteiger partial charge in [-0.1, -0.05) is 38.8 Å². The number of methoxy groups -OCH3 is 1. The van der Waals surface area contributed by atoms with Crippen molar-refractivity contribution in [3.8, 4) is 11.6 Å². The first kappa shape index (κ1) is 21.1. The monoisotopic (exact) mass is 407 g/mol. The van der Waals surface area contributed by atoms with Gasteiger partial charge >= 0.3 is 0 Å². The van der Waals surface area contributed by atoms with Crippen LogP contribution < -0.4 is 9.47 Å². The number of nitrogens with zero attached hydrogens (tertiary/aromatic N) is 3. The average Bonchev–Trinajstić information content (AvgIpc) is 2.66. The SMILES string of the molecule is COc1cnc2ccc(Cl)c(OCC(O)CN3CCCCC3C(C)(C)C)c2n1. The summed E-state index contributed by atoms with van der Waals surface area (Å²) in [7, 11) is 1.54. The summed E-state index contributed by atoms with van der Waals surface area (Å²) < 4.78 is 11.1. The summed E-state index contributed by atoms with van der Waals surface area (Å²) in [5, 5.41) is 11.1. The Balaban J connectivity index is 1.70. The zero-order chi connectivity index (χ0) is 20.3. The third kappa shape index (κ3) is 4.85. The highest BCUT2D eigenvalue weighted by Gasteiger charge is 2.33. The zero-order valence-corrected chi connectivity index (χ0v) is 17.9. The van der Waals surface area contributed by atoms with Gasteiger partial charge in [-0.15, -0.1) is 0 Å². The Morgan fingerprint density at radius 2 is 2.11 bits per heavy atom. The molecule has 1 saturated heterocycles. The Labute approximate surface area is 171 Å². The fourth-order valence-electron chi connectivity index (χ4n) is 3.94. The second-order valence-electron chi connectivity index (χ2n) is 8.49. The number of fused-ring (bicyclic) bond motifs is 1. The van der Waals surface area contributed by atoms with Crippen molar-refractivity contribution in [2.75, 3.05) is 26.8 Å². The highest BCUT2D eigenvalue weighted by atomic mass is 35.5. The van der Waals surface area contributed by atoms with Crippen molar-refractivity contribution < 1.29 is 14.6 Å². The number of hydrogen-bond donors (Lipinski definition) is 1. The molecule has 0 radical (unpaired) electrons. The molecule has 0 spiro atoms. The maximum Gasteiger partial charge on any atom is 0.232 e. The molecule has 0 bridgehead atoms. The molecular formula is C21H30ClN3O3. The molecule has 28 heavy (non-hydrogen) atoms. The molecule has 154 valence electrons. The number of ether oxygens (including phenoxy) is 2. The number of β-amino-alcohol motifs (C(OH)–C–C–N with tert-alkyl or cyclic N) is 1. The molecule has 7 heteroatoms. The standard InChI is InChI=1S/C21H30ClN3O3/c1-21(2,3)17-7-5-6-10-25(17)12-14(26)13-28-20-15(22)8-9-16-19(20)24-18(27-4)11-23-16/h8-9,11,14,17,26H,5-7,10,12-13H2,1-4H3. The molecule has 1 aliphatic rings. The number of rotatable bonds is 6. The molecule has 2 heterocycles. The zero-order valence-electron chi connectivity index (χ0n) is 17.1. The smallest absolute Gasteiger partial charge is 0.232 e. The van der Waals surface area contributed by atoms with Crippen LogP contribution in [0.15, 0.2) is 18.3 Å². The van der Waals surface area contributed by atoms with Crippen molar-refractivity contribution in [1.82, 2.24) is 14.9 Å². The van der Waals surface area contributed by atoms with Gasteiger partial charge in [-0.25, -0.2) is 9.97 Å². The van der Waals surface area contributed by atoms with Crippen molar-refractivity contribution >= 4 is 22.6 Å². The maximum absolute atomic E-state index is 10.6. The lowest BCUT2D eigenvalue weighted by Crippen LogP contribution is -2.50. The van der Waals surface area contributed by atoms with E-state index >= 15 is 0 Å². The summed E-state index contributed by atoms with van der Waals surface area (Å²) in [5.74, 6) is 0.817. The molecule has 0 aliphatic carbocycles. The Morgan fingerprint density at radius 3 is 2.82 bits per heavy atom. The van der Waals surface area contributed by atoms with E-state index in [0.717, 1.165) is 6.54 Å². The molecule has 2 unspecified atom stereocenters. The van der Waals surface area contributed by atoms with Crippen LogP contribution in [0.3, 0.4) is 0 Å². The van der Waals surface area contributed by atoms with Gasteiger partial charge in [0.1, 0.15) is 18.2 Å². The van der Waals surface area contributed by atoms with Crippen molar-refractivity contribution in [2.45, 2.75) is 52.2 Å². The molecule has 0 amide bonds. The third-order valence-electron chi connectivity index (χ3n) is 5.29. The lowest BCUT2D eigenvalue weighted by Gasteiger charge is -2.44. The summed E-state index contributed by atoms with van der Waals surface area (Å²) in [6.45, 7) is 8.53. The van der Waals surface area contributed by atoms with E-state index in [9.17, 15) is 5.11 Å². The lowest BCUT2D eigenvalue weighted by atomic mass is 9.80. The predicted octanol–water partition coefficient (Wildman–Crippen LogP) is 3.93. The van der Waals surface area contributed by atoms with Crippen LogP contribution in [0.4, 0.5) is 0 Å². The van der Waals surface area contributed by atoms with E-state index in [-0.39, 0.29) is 12.0 Å². The molecule has 1 fully saturated rings. The Bertz CT molecular complexity index is 809. The van der Waals surface area contributed by atoms with Gasteiger partial charge in [0.25, 0.3) is 0 Å². The molecule has 1 N–H and O–H groups in total. The normalized spacial score (nSPS) is 19.6.